The van der Waals surface area contributed by atoms with Crippen LogP contribution < -0.4 is 0 Å². The molecule has 4 nitrogen and oxygen atoms in total. The number of nitrogens with zero attached hydrogens (tertiary/aromatic N) is 1. The summed E-state index contributed by atoms with van der Waals surface area (Å²) in [5.74, 6) is 0. The van der Waals surface area contributed by atoms with Crippen LogP contribution >= 0.6 is 0 Å². The van der Waals surface area contributed by atoms with Crippen molar-refractivity contribution in [2.75, 3.05) is 0 Å². The maximum Gasteiger partial charge on any atom is 0.242 e. The van der Waals surface area contributed by atoms with Crippen molar-refractivity contribution in [3.63, 3.8) is 0 Å². The van der Waals surface area contributed by atoms with Crippen molar-refractivity contribution in [3.8, 4) is 0 Å². The van der Waals surface area contributed by atoms with Crippen LogP contribution in [-0.2, 0) is 4.79 Å². The molecule has 0 bridgehead atoms. The number of hydrogen-bond donors (Lipinski definition) is 0. The molecule has 0 fully saturated rings. The minimum Gasteiger partial charge on any atom is -0.291 e. The average Bonchev–Trinajstić information content (AvgIpc) is 2.57. The third-order valence-electron chi connectivity index (χ3n) is 3.15. The number of rotatable bonds is 14. The molecule has 0 saturated heterocycles. The molecule has 0 aromatic heterocycles. The molecular formula is C20H28NO3. The van der Waals surface area contributed by atoms with Crippen molar-refractivity contribution in [2.24, 2.45) is 0 Å². The van der Waals surface area contributed by atoms with Crippen LogP contribution in [0.4, 0.5) is 0 Å². The van der Waals surface area contributed by atoms with E-state index in [1.54, 1.807) is 12.4 Å². The summed E-state index contributed by atoms with van der Waals surface area (Å²) in [6.45, 7) is 2.12. The van der Waals surface area contributed by atoms with E-state index >= 15 is 0 Å². The number of nitro groups is 1. The van der Waals surface area contributed by atoms with Gasteiger partial charge in [-0.3, -0.25) is 14.9 Å². The fraction of sp³-hybridized carbons (Fsp3) is 0.450. The van der Waals surface area contributed by atoms with Crippen LogP contribution in [0.5, 0.6) is 0 Å². The zero-order valence-electron chi connectivity index (χ0n) is 14.5. The predicted octanol–water partition coefficient (Wildman–Crippen LogP) is 5.62. The zero-order valence-corrected chi connectivity index (χ0v) is 14.5. The lowest BCUT2D eigenvalue weighted by Gasteiger charge is -1.95. The molecule has 0 saturated carbocycles. The van der Waals surface area contributed by atoms with Crippen molar-refractivity contribution in [2.45, 2.75) is 58.3 Å². The highest BCUT2D eigenvalue weighted by atomic mass is 16.6. The first-order valence-corrected chi connectivity index (χ1v) is 8.50. The molecule has 0 N–H and O–H groups in total. The lowest BCUT2D eigenvalue weighted by molar-refractivity contribution is -0.428. The molecule has 131 valence electrons. The molecule has 0 aliphatic heterocycles. The molecule has 0 spiro atoms. The van der Waals surface area contributed by atoms with Gasteiger partial charge in [0.15, 0.2) is 6.29 Å². The second kappa shape index (κ2) is 17.1. The van der Waals surface area contributed by atoms with Gasteiger partial charge in [-0.1, -0.05) is 55.5 Å². The Balaban J connectivity index is 3.91. The number of carbonyl (C=O) groups excluding carboxylic acids is 1. The fourth-order valence-electron chi connectivity index (χ4n) is 1.89. The smallest absolute Gasteiger partial charge is 0.242 e. The van der Waals surface area contributed by atoms with Crippen molar-refractivity contribution in [3.05, 3.63) is 70.5 Å². The summed E-state index contributed by atoms with van der Waals surface area (Å²) < 4.78 is 0. The Kier molecular flexibility index (Phi) is 15.5. The molecule has 0 rings (SSSR count). The van der Waals surface area contributed by atoms with Crippen LogP contribution in [0.25, 0.3) is 0 Å². The zero-order chi connectivity index (χ0) is 17.9. The average molecular weight is 330 g/mol. The maximum atomic E-state index is 10.8. The summed E-state index contributed by atoms with van der Waals surface area (Å²) in [6.07, 6.45) is 25.5. The lowest BCUT2D eigenvalue weighted by Crippen LogP contribution is -1.98. The molecule has 0 unspecified atom stereocenters. The van der Waals surface area contributed by atoms with Crippen molar-refractivity contribution >= 4 is 6.29 Å². The lowest BCUT2D eigenvalue weighted by atomic mass is 10.2. The Bertz CT molecular complexity index is 485. The van der Waals surface area contributed by atoms with Gasteiger partial charge in [-0.25, -0.2) is 0 Å². The van der Waals surface area contributed by atoms with Gasteiger partial charge in [-0.15, -0.1) is 0 Å². The molecule has 0 heterocycles. The second-order valence-electron chi connectivity index (χ2n) is 5.19. The summed E-state index contributed by atoms with van der Waals surface area (Å²) >= 11 is 0. The van der Waals surface area contributed by atoms with E-state index in [0.29, 0.717) is 19.3 Å². The summed E-state index contributed by atoms with van der Waals surface area (Å²) in [7, 11) is 0. The van der Waals surface area contributed by atoms with E-state index in [2.05, 4.69) is 43.4 Å². The van der Waals surface area contributed by atoms with E-state index < -0.39 is 0 Å². The van der Waals surface area contributed by atoms with Gasteiger partial charge < -0.3 is 0 Å². The Labute approximate surface area is 145 Å². The van der Waals surface area contributed by atoms with Gasteiger partial charge in [0.05, 0.1) is 4.92 Å². The normalized spacial score (nSPS) is 13.0. The van der Waals surface area contributed by atoms with Crippen LogP contribution in [0.15, 0.2) is 60.4 Å². The fourth-order valence-corrected chi connectivity index (χ4v) is 1.89. The van der Waals surface area contributed by atoms with Crippen LogP contribution in [0.3, 0.4) is 0 Å². The van der Waals surface area contributed by atoms with E-state index in [-0.39, 0.29) is 17.0 Å². The highest BCUT2D eigenvalue weighted by Crippen LogP contribution is 2.09. The highest BCUT2D eigenvalue weighted by Gasteiger charge is 2.08. The van der Waals surface area contributed by atoms with Gasteiger partial charge in [-0.05, 0) is 44.6 Å². The standard InChI is InChI=1S/C20H28NO3/c1-2-3-4-5-6-7-8-9-10-11-12-13-14-17-20(21(23)24)18-15-16-19-22/h3-4,6-7,9-10,12-13,17H,2,5,8,11,14-16,18H2,1H3/b4-3+,7-6+,10-9+,13-12+,20-17-. The minimum atomic E-state index is -0.374. The number of hydrogen-bond acceptors (Lipinski definition) is 3. The van der Waals surface area contributed by atoms with Crippen molar-refractivity contribution in [1.29, 1.82) is 0 Å². The van der Waals surface area contributed by atoms with E-state index in [9.17, 15) is 14.9 Å². The molecule has 0 aliphatic rings. The van der Waals surface area contributed by atoms with E-state index in [1.165, 1.54) is 0 Å². The first kappa shape index (κ1) is 21.8. The van der Waals surface area contributed by atoms with Crippen molar-refractivity contribution < 1.29 is 9.72 Å². The van der Waals surface area contributed by atoms with Gasteiger partial charge in [0.1, 0.15) is 0 Å². The van der Waals surface area contributed by atoms with Crippen LogP contribution in [0.2, 0.25) is 0 Å². The van der Waals surface area contributed by atoms with Gasteiger partial charge in [0, 0.05) is 12.8 Å². The van der Waals surface area contributed by atoms with Gasteiger partial charge >= 0.3 is 0 Å². The minimum absolute atomic E-state index is 0.174. The molecule has 0 aromatic rings. The second-order valence-corrected chi connectivity index (χ2v) is 5.19. The summed E-state index contributed by atoms with van der Waals surface area (Å²) in [4.78, 5) is 20.6. The third-order valence-corrected chi connectivity index (χ3v) is 3.15. The Morgan fingerprint density at radius 1 is 0.917 bits per heavy atom. The highest BCUT2D eigenvalue weighted by molar-refractivity contribution is 5.50. The maximum absolute atomic E-state index is 10.8. The Morgan fingerprint density at radius 3 is 1.88 bits per heavy atom. The SMILES string of the molecule is CC/C=C/C/C=C/C/C=C/C/C=C/C/C=C(/CCC[C]=O)[N+](=O)[O-]. The van der Waals surface area contributed by atoms with Crippen LogP contribution in [0, 0.1) is 10.1 Å². The molecule has 0 aliphatic carbocycles. The van der Waals surface area contributed by atoms with E-state index in [0.717, 1.165) is 25.7 Å². The van der Waals surface area contributed by atoms with Gasteiger partial charge in [-0.2, -0.15) is 0 Å². The summed E-state index contributed by atoms with van der Waals surface area (Å²) in [5, 5.41) is 10.8. The number of unbranched alkanes of at least 4 members (excludes halogenated alkanes) is 1. The molecule has 1 radical (unpaired) electrons. The topological polar surface area (TPSA) is 60.2 Å². The summed E-state index contributed by atoms with van der Waals surface area (Å²) in [6, 6.07) is 0. The van der Waals surface area contributed by atoms with Gasteiger partial charge in [0.2, 0.25) is 5.70 Å². The molecule has 0 atom stereocenters. The third kappa shape index (κ3) is 14.7. The predicted molar refractivity (Wildman–Crippen MR) is 99.9 cm³/mol. The summed E-state index contributed by atoms with van der Waals surface area (Å²) in [5.41, 5.74) is 0.174. The molecule has 24 heavy (non-hydrogen) atoms. The Hall–Kier alpha value is -2.23. The molecule has 4 heteroatoms. The molecular weight excluding hydrogens is 302 g/mol. The first-order chi connectivity index (χ1) is 11.7. The molecule has 0 amide bonds. The van der Waals surface area contributed by atoms with Crippen molar-refractivity contribution in [1.82, 2.24) is 0 Å². The largest absolute Gasteiger partial charge is 0.291 e. The van der Waals surface area contributed by atoms with E-state index in [1.807, 2.05) is 12.2 Å². The van der Waals surface area contributed by atoms with Crippen LogP contribution in [-0.4, -0.2) is 11.2 Å². The Morgan fingerprint density at radius 2 is 1.42 bits per heavy atom. The quantitative estimate of drug-likeness (QED) is 0.180. The van der Waals surface area contributed by atoms with E-state index in [4.69, 9.17) is 0 Å². The monoisotopic (exact) mass is 330 g/mol. The molecule has 0 aromatic carbocycles. The first-order valence-electron chi connectivity index (χ1n) is 8.50. The van der Waals surface area contributed by atoms with Gasteiger partial charge in [0.25, 0.3) is 0 Å². The number of allylic oxidation sites excluding steroid dienone is 10. The van der Waals surface area contributed by atoms with Crippen LogP contribution in [0.1, 0.15) is 58.3 Å².